The van der Waals surface area contributed by atoms with E-state index in [-0.39, 0.29) is 18.5 Å². The summed E-state index contributed by atoms with van der Waals surface area (Å²) < 4.78 is 1.63. The highest BCUT2D eigenvalue weighted by atomic mass is 35.5. The highest BCUT2D eigenvalue weighted by Crippen LogP contribution is 2.28. The molecule has 1 aromatic heterocycles. The predicted molar refractivity (Wildman–Crippen MR) is 84.5 cm³/mol. The van der Waals surface area contributed by atoms with Crippen LogP contribution in [-0.2, 0) is 11.3 Å². The first-order valence-corrected chi connectivity index (χ1v) is 7.71. The van der Waals surface area contributed by atoms with E-state index in [0.29, 0.717) is 17.1 Å². The van der Waals surface area contributed by atoms with Crippen LogP contribution in [0.5, 0.6) is 0 Å². The summed E-state index contributed by atoms with van der Waals surface area (Å²) in [6, 6.07) is 7.47. The number of hydrogen-bond acceptors (Lipinski definition) is 3. The first-order chi connectivity index (χ1) is 11.0. The number of carboxylic acids is 1. The van der Waals surface area contributed by atoms with Crippen LogP contribution in [0.3, 0.4) is 0 Å². The number of carboxylic acid groups (broad SMARTS) is 1. The van der Waals surface area contributed by atoms with Crippen molar-refractivity contribution in [3.05, 3.63) is 52.8 Å². The summed E-state index contributed by atoms with van der Waals surface area (Å²) >= 11 is 6.12. The molecular weight excluding hydrogens is 318 g/mol. The van der Waals surface area contributed by atoms with Crippen LogP contribution in [-0.4, -0.2) is 44.3 Å². The first-order valence-electron chi connectivity index (χ1n) is 7.33. The van der Waals surface area contributed by atoms with Gasteiger partial charge >= 0.3 is 5.97 Å². The van der Waals surface area contributed by atoms with Gasteiger partial charge in [0.1, 0.15) is 6.54 Å². The normalized spacial score (nSPS) is 13.8. The average molecular weight is 334 g/mol. The van der Waals surface area contributed by atoms with Crippen molar-refractivity contribution in [1.29, 1.82) is 0 Å². The van der Waals surface area contributed by atoms with Crippen molar-refractivity contribution in [2.24, 2.45) is 0 Å². The third kappa shape index (κ3) is 3.71. The topological polar surface area (TPSA) is 75.4 Å². The van der Waals surface area contributed by atoms with Crippen LogP contribution in [0.25, 0.3) is 0 Å². The molecule has 2 aromatic rings. The number of hydrogen-bond donors (Lipinski definition) is 1. The summed E-state index contributed by atoms with van der Waals surface area (Å²) in [5.41, 5.74) is 1.30. The van der Waals surface area contributed by atoms with Crippen molar-refractivity contribution < 1.29 is 14.7 Å². The molecule has 0 atom stereocenters. The maximum Gasteiger partial charge on any atom is 0.323 e. The molecule has 1 aliphatic carbocycles. The number of rotatable bonds is 6. The van der Waals surface area contributed by atoms with E-state index in [1.54, 1.807) is 16.9 Å². The molecule has 6 nitrogen and oxygen atoms in total. The highest BCUT2D eigenvalue weighted by molar-refractivity contribution is 6.31. The molecule has 0 aliphatic heterocycles. The Labute approximate surface area is 138 Å². The van der Waals surface area contributed by atoms with Gasteiger partial charge < -0.3 is 10.0 Å². The van der Waals surface area contributed by atoms with Crippen LogP contribution >= 0.6 is 11.6 Å². The second-order valence-corrected chi connectivity index (χ2v) is 5.98. The Kier molecular flexibility index (Phi) is 4.34. The van der Waals surface area contributed by atoms with Crippen LogP contribution in [0.4, 0.5) is 0 Å². The molecule has 1 aromatic carbocycles. The van der Waals surface area contributed by atoms with Gasteiger partial charge in [0.2, 0.25) is 0 Å². The molecule has 1 N–H and O–H groups in total. The zero-order chi connectivity index (χ0) is 16.4. The summed E-state index contributed by atoms with van der Waals surface area (Å²) in [4.78, 5) is 24.8. The van der Waals surface area contributed by atoms with Gasteiger partial charge in [-0.3, -0.25) is 14.3 Å². The molecule has 0 saturated heterocycles. The molecule has 1 saturated carbocycles. The molecule has 23 heavy (non-hydrogen) atoms. The summed E-state index contributed by atoms with van der Waals surface area (Å²) in [5.74, 6) is -1.30. The first kappa shape index (κ1) is 15.6. The average Bonchev–Trinajstić information content (AvgIpc) is 3.25. The standard InChI is InChI=1S/C16H16ClN3O3/c17-14-4-2-1-3-11(14)8-19-9-12(7-18-19)16(23)20(10-15(21)22)13-5-6-13/h1-4,7,9,13H,5-6,8,10H2,(H,21,22). The molecule has 1 aliphatic rings. The largest absolute Gasteiger partial charge is 0.480 e. The van der Waals surface area contributed by atoms with Gasteiger partial charge in [-0.15, -0.1) is 0 Å². The van der Waals surface area contributed by atoms with E-state index >= 15 is 0 Å². The summed E-state index contributed by atoms with van der Waals surface area (Å²) in [6.07, 6.45) is 4.80. The Morgan fingerprint density at radius 2 is 2.09 bits per heavy atom. The van der Waals surface area contributed by atoms with Crippen LogP contribution in [0, 0.1) is 0 Å². The zero-order valence-electron chi connectivity index (χ0n) is 12.4. The Hall–Kier alpha value is -2.34. The third-order valence-corrected chi connectivity index (χ3v) is 4.09. The van der Waals surface area contributed by atoms with Crippen molar-refractivity contribution >= 4 is 23.5 Å². The fourth-order valence-corrected chi connectivity index (χ4v) is 2.62. The fraction of sp³-hybridized carbons (Fsp3) is 0.312. The molecule has 1 fully saturated rings. The molecule has 0 radical (unpaired) electrons. The number of amides is 1. The third-order valence-electron chi connectivity index (χ3n) is 3.72. The van der Waals surface area contributed by atoms with E-state index in [4.69, 9.17) is 16.7 Å². The van der Waals surface area contributed by atoms with E-state index in [9.17, 15) is 9.59 Å². The van der Waals surface area contributed by atoms with Gasteiger partial charge in [0.15, 0.2) is 0 Å². The van der Waals surface area contributed by atoms with Crippen LogP contribution in [0.1, 0.15) is 28.8 Å². The van der Waals surface area contributed by atoms with Gasteiger partial charge in [-0.1, -0.05) is 29.8 Å². The summed E-state index contributed by atoms with van der Waals surface area (Å²) in [7, 11) is 0. The van der Waals surface area contributed by atoms with E-state index < -0.39 is 5.97 Å². The lowest BCUT2D eigenvalue weighted by Gasteiger charge is -2.19. The van der Waals surface area contributed by atoms with Gasteiger partial charge in [0, 0.05) is 17.3 Å². The van der Waals surface area contributed by atoms with Crippen molar-refractivity contribution in [2.75, 3.05) is 6.54 Å². The summed E-state index contributed by atoms with van der Waals surface area (Å²) in [5, 5.41) is 13.8. The maximum absolute atomic E-state index is 12.5. The predicted octanol–water partition coefficient (Wildman–Crippen LogP) is 2.27. The lowest BCUT2D eigenvalue weighted by Crippen LogP contribution is -2.37. The lowest BCUT2D eigenvalue weighted by atomic mass is 10.2. The number of carbonyl (C=O) groups excluding carboxylic acids is 1. The second-order valence-electron chi connectivity index (χ2n) is 5.58. The highest BCUT2D eigenvalue weighted by Gasteiger charge is 2.34. The SMILES string of the molecule is O=C(O)CN(C(=O)c1cnn(Cc2ccccc2Cl)c1)C1CC1. The minimum Gasteiger partial charge on any atom is -0.480 e. The Morgan fingerprint density at radius 1 is 1.35 bits per heavy atom. The van der Waals surface area contributed by atoms with Crippen LogP contribution in [0.15, 0.2) is 36.7 Å². The Bertz CT molecular complexity index is 740. The number of benzene rings is 1. The Morgan fingerprint density at radius 3 is 2.74 bits per heavy atom. The van der Waals surface area contributed by atoms with Gasteiger partial charge in [-0.25, -0.2) is 0 Å². The van der Waals surface area contributed by atoms with Gasteiger partial charge in [0.25, 0.3) is 5.91 Å². The number of carbonyl (C=O) groups is 2. The van der Waals surface area contributed by atoms with E-state index in [1.165, 1.54) is 11.1 Å². The minimum atomic E-state index is -1.01. The fourth-order valence-electron chi connectivity index (χ4n) is 2.43. The van der Waals surface area contributed by atoms with Crippen LogP contribution < -0.4 is 0 Å². The zero-order valence-corrected chi connectivity index (χ0v) is 13.1. The molecule has 0 spiro atoms. The molecule has 3 rings (SSSR count). The maximum atomic E-state index is 12.5. The molecule has 1 heterocycles. The molecule has 1 amide bonds. The molecular formula is C16H16ClN3O3. The second kappa shape index (κ2) is 6.42. The van der Waals surface area contributed by atoms with Crippen molar-refractivity contribution in [3.63, 3.8) is 0 Å². The Balaban J connectivity index is 1.74. The van der Waals surface area contributed by atoms with E-state index in [1.807, 2.05) is 18.2 Å². The molecule has 120 valence electrons. The smallest absolute Gasteiger partial charge is 0.323 e. The lowest BCUT2D eigenvalue weighted by molar-refractivity contribution is -0.137. The van der Waals surface area contributed by atoms with E-state index in [0.717, 1.165) is 18.4 Å². The molecule has 7 heteroatoms. The minimum absolute atomic E-state index is 0.0329. The van der Waals surface area contributed by atoms with Gasteiger partial charge in [-0.2, -0.15) is 5.10 Å². The number of nitrogens with zero attached hydrogens (tertiary/aromatic N) is 3. The van der Waals surface area contributed by atoms with Crippen LogP contribution in [0.2, 0.25) is 5.02 Å². The van der Waals surface area contributed by atoms with Gasteiger partial charge in [0.05, 0.1) is 18.3 Å². The summed E-state index contributed by atoms with van der Waals surface area (Å²) in [6.45, 7) is 0.175. The van der Waals surface area contributed by atoms with Crippen molar-refractivity contribution in [2.45, 2.75) is 25.4 Å². The monoisotopic (exact) mass is 333 g/mol. The van der Waals surface area contributed by atoms with Crippen molar-refractivity contribution in [3.8, 4) is 0 Å². The molecule has 0 unspecified atom stereocenters. The van der Waals surface area contributed by atoms with Gasteiger partial charge in [-0.05, 0) is 24.5 Å². The van der Waals surface area contributed by atoms with Crippen molar-refractivity contribution in [1.82, 2.24) is 14.7 Å². The quantitative estimate of drug-likeness (QED) is 0.880. The number of aromatic nitrogens is 2. The number of aliphatic carboxylic acids is 1. The number of halogens is 1. The van der Waals surface area contributed by atoms with E-state index in [2.05, 4.69) is 5.10 Å². The molecule has 0 bridgehead atoms.